The van der Waals surface area contributed by atoms with E-state index in [9.17, 15) is 43.2 Å². The molecule has 3 aromatic heterocycles. The number of nitrogens with one attached hydrogen (secondary N) is 3. The zero-order valence-corrected chi connectivity index (χ0v) is 79.9. The molecule has 681 valence electrons. The van der Waals surface area contributed by atoms with Gasteiger partial charge >= 0.3 is 18.3 Å². The van der Waals surface area contributed by atoms with E-state index in [0.29, 0.717) is 59.1 Å². The number of aromatic nitrogens is 3. The SMILES string of the molecule is CC[C@@H]1[C@@H]2CN(C(=O)[C@H](C(C)(C)C)NC(=O)O[C@@H]3C[C@H]3CCCCCc3cc4ccc(OC)cc4nc3O2)[C@@H]1[C-]=O.COc1ccc2cc3c(nc2c1)O[C@H]1CN(C(=O)[C@H](C(C)(C)C)NC(=O)O[C@@H]2CCC[C@H]2CCCCC3)[C@H]([C-]=O)[C@@H]1C.COc1ccc2cc3c(nc2c1)O[C@H]1CN(C(=O)[C@H](C(C)(C)C)NC(=O)O[C@@H]2C[C@H]2CCCCC3)[C@H]([C-]=O)[C@@H]1C.[V].[V].[V]. The normalized spacial score (nSPS) is 28.7. The van der Waals surface area contributed by atoms with Crippen molar-refractivity contribution < 1.29 is 141 Å². The summed E-state index contributed by atoms with van der Waals surface area (Å²) in [6.45, 7) is 23.3. The van der Waals surface area contributed by atoms with Crippen molar-refractivity contribution in [3.05, 3.63) is 89.5 Å². The van der Waals surface area contributed by atoms with Gasteiger partial charge in [-0.15, -0.1) is 0 Å². The van der Waals surface area contributed by atoms with Gasteiger partial charge in [0.25, 0.3) is 0 Å². The zero-order valence-electron chi connectivity index (χ0n) is 75.7. The third-order valence-corrected chi connectivity index (χ3v) is 26.6. The molecule has 6 aromatic rings. The number of fused-ring (bicyclic) bond motifs is 15. The maximum Gasteiger partial charge on any atom is 0.408 e. The second kappa shape index (κ2) is 43.4. The Labute approximate surface area is 777 Å². The number of rotatable bonds is 7. The zero-order chi connectivity index (χ0) is 87.9. The van der Waals surface area contributed by atoms with Crippen LogP contribution in [0.3, 0.4) is 0 Å². The second-order valence-corrected chi connectivity index (χ2v) is 38.6. The molecular weight excluding hydrogens is 1720 g/mol. The van der Waals surface area contributed by atoms with Gasteiger partial charge in [0.1, 0.15) is 72.0 Å². The van der Waals surface area contributed by atoms with Gasteiger partial charge in [0.15, 0.2) is 0 Å². The Hall–Kier alpha value is -8.33. The predicted octanol–water partition coefficient (Wildman–Crippen LogP) is 14.9. The van der Waals surface area contributed by atoms with E-state index >= 15 is 0 Å². The van der Waals surface area contributed by atoms with Crippen LogP contribution in [0.4, 0.5) is 14.4 Å². The van der Waals surface area contributed by atoms with Crippen LogP contribution < -0.4 is 44.4 Å². The molecule has 6 fully saturated rings. The van der Waals surface area contributed by atoms with Gasteiger partial charge in [0.05, 0.1) is 57.5 Å². The molecule has 0 unspecified atom stereocenters. The summed E-state index contributed by atoms with van der Waals surface area (Å²) in [5.41, 5.74) is 3.48. The summed E-state index contributed by atoms with van der Waals surface area (Å²) in [6, 6.07) is 18.8. The average Bonchev–Trinajstić information content (AvgIpc) is 1.65. The fourth-order valence-electron chi connectivity index (χ4n) is 18.9. The minimum absolute atomic E-state index is 0. The van der Waals surface area contributed by atoms with Crippen LogP contribution in [0.25, 0.3) is 32.7 Å². The second-order valence-electron chi connectivity index (χ2n) is 38.6. The first kappa shape index (κ1) is 99.8. The van der Waals surface area contributed by atoms with Crippen molar-refractivity contribution in [3.63, 3.8) is 0 Å². The minimum atomic E-state index is -0.882. The maximum absolute atomic E-state index is 14.0. The molecule has 3 N–H and O–H groups in total. The summed E-state index contributed by atoms with van der Waals surface area (Å²) in [5.74, 6) is 2.81. The number of nitrogens with zero attached hydrogens (tertiary/aromatic N) is 6. The predicted molar refractivity (Wildman–Crippen MR) is 464 cm³/mol. The Bertz CT molecular complexity index is 4830. The molecule has 6 aliphatic heterocycles. The summed E-state index contributed by atoms with van der Waals surface area (Å²) in [4.78, 5) is 137. The van der Waals surface area contributed by atoms with Gasteiger partial charge in [-0.3, -0.25) is 14.4 Å². The van der Waals surface area contributed by atoms with E-state index < -0.39 is 89.1 Å². The number of hydrogen-bond acceptors (Lipinski definition) is 21. The summed E-state index contributed by atoms with van der Waals surface area (Å²) in [5, 5.41) is 11.5. The van der Waals surface area contributed by atoms with Crippen LogP contribution in [0.1, 0.15) is 215 Å². The van der Waals surface area contributed by atoms with Gasteiger partial charge in [-0.25, -0.2) is 48.2 Å². The smallest absolute Gasteiger partial charge is 0.408 e. The monoisotopic (exact) mass is 1850 g/mol. The quantitative estimate of drug-likeness (QED) is 0.0987. The van der Waals surface area contributed by atoms with Crippen molar-refractivity contribution in [1.82, 2.24) is 45.6 Å². The number of ether oxygens (including phenoxy) is 9. The number of hydrogen-bond donors (Lipinski definition) is 3. The van der Waals surface area contributed by atoms with Crippen molar-refractivity contribution in [3.8, 4) is 34.9 Å². The van der Waals surface area contributed by atoms with E-state index in [-0.39, 0.29) is 129 Å². The summed E-state index contributed by atoms with van der Waals surface area (Å²) in [6.07, 6.45) is 22.6. The van der Waals surface area contributed by atoms with Crippen molar-refractivity contribution in [1.29, 1.82) is 0 Å². The van der Waals surface area contributed by atoms with E-state index in [1.54, 1.807) is 21.3 Å². The molecule has 9 heterocycles. The van der Waals surface area contributed by atoms with Gasteiger partial charge in [-0.1, -0.05) is 146 Å². The Morgan fingerprint density at radius 1 is 0.389 bits per heavy atom. The summed E-state index contributed by atoms with van der Waals surface area (Å²) < 4.78 is 53.2. The fourth-order valence-corrected chi connectivity index (χ4v) is 18.9. The van der Waals surface area contributed by atoms with Crippen LogP contribution in [0.2, 0.25) is 0 Å². The fraction of sp³-hybridized carbons (Fsp3) is 0.625. The Kier molecular flexibility index (Phi) is 34.4. The molecule has 27 nitrogen and oxygen atoms in total. The first-order chi connectivity index (χ1) is 58.8. The number of amides is 6. The Morgan fingerprint density at radius 3 is 1.04 bits per heavy atom. The van der Waals surface area contributed by atoms with Gasteiger partial charge in [0, 0.05) is 107 Å². The standard InChI is InChI=1S/C33H44N3O6.C32H42N3O6.C31H40N3O6.3V/c1-20-26(19-37)36-18-28(20)41-30-23(16-22-14-15-24(40-5)17-25(22)34-30)11-8-6-7-10-21-12-9-13-27(21)42-32(39)35-29(31(36)38)33(2,3)4;1-6-23-25(18-36)35-17-27(23)40-29-21(14-19-12-13-22(39-5)16-24(19)33-29)11-9-7-8-10-20-15-26(20)41-31(38)34-28(30(35)37)32(2,3)4;1-18-24(17-35)34-16-26(18)39-28-21(13-19-11-12-22(38-5)15-23(19)32-28)10-8-6-7-9-20-14-25(20)40-30(37)33-27(29(34)36)31(2,3)4;;;/h14-17,20-21,26-29H,6-13,18H2,1-5H3,(H,35,39);12-14,16,20,23,25-28H,6-11,15,17H2,1-5H3,(H,34,38);11-13,15,18,20,24-27H,6-10,14,16H2,1-5H3,(H,33,37);;;/q3*-1;;;/t20-,21+,26+,27+,28-,29+;20-,23+,25-,26-,27+,28-;18-,20+,24+,25+,26-,27+;;;/m010.../s1. The molecule has 3 saturated heterocycles. The molecule has 0 spiro atoms. The van der Waals surface area contributed by atoms with Gasteiger partial charge < -0.3 is 87.7 Å². The van der Waals surface area contributed by atoms with E-state index in [1.807, 2.05) is 138 Å². The molecule has 30 heteroatoms. The van der Waals surface area contributed by atoms with Crippen LogP contribution in [0.5, 0.6) is 34.9 Å². The van der Waals surface area contributed by atoms with Crippen LogP contribution in [-0.2, 0) is 118 Å². The van der Waals surface area contributed by atoms with Crippen LogP contribution in [0, 0.1) is 51.8 Å². The molecule has 15 rings (SSSR count). The largest absolute Gasteiger partial charge is 0.540 e. The van der Waals surface area contributed by atoms with Gasteiger partial charge in [0.2, 0.25) is 35.4 Å². The van der Waals surface area contributed by atoms with Crippen LogP contribution in [-0.4, -0.2) is 198 Å². The maximum atomic E-state index is 14.0. The molecule has 18 atom stereocenters. The molecule has 9 aliphatic rings. The van der Waals surface area contributed by atoms with Gasteiger partial charge in [-0.05, 0) is 196 Å². The van der Waals surface area contributed by atoms with Crippen LogP contribution in [0.15, 0.2) is 72.8 Å². The first-order valence-corrected chi connectivity index (χ1v) is 44.7. The molecule has 3 radical (unpaired) electrons. The van der Waals surface area contributed by atoms with Crippen molar-refractivity contribution in [2.75, 3.05) is 41.0 Å². The number of methoxy groups -OCH3 is 3. The van der Waals surface area contributed by atoms with E-state index in [1.165, 1.54) is 14.7 Å². The van der Waals surface area contributed by atoms with E-state index in [2.05, 4.69) is 53.0 Å². The Morgan fingerprint density at radius 2 is 0.706 bits per heavy atom. The Balaban J connectivity index is 0.000000195. The molecule has 3 aliphatic carbocycles. The number of alkyl carbamates (subject to hydrolysis) is 3. The molecule has 3 saturated carbocycles. The molecule has 6 amide bonds. The van der Waals surface area contributed by atoms with Gasteiger partial charge in [-0.2, -0.15) is 0 Å². The number of pyridine rings is 3. The van der Waals surface area contributed by atoms with Crippen LogP contribution >= 0.6 is 0 Å². The molecule has 126 heavy (non-hydrogen) atoms. The molecule has 6 bridgehead atoms. The number of benzene rings is 3. The van der Waals surface area contributed by atoms with Crippen molar-refractivity contribution in [2.24, 2.45) is 51.8 Å². The minimum Gasteiger partial charge on any atom is -0.540 e. The molecule has 3 aromatic carbocycles. The number of aryl methyl sites for hydroxylation is 3. The summed E-state index contributed by atoms with van der Waals surface area (Å²) >= 11 is 0. The first-order valence-electron chi connectivity index (χ1n) is 44.7. The molecular formula is C96H126N9O18V3-3. The third-order valence-electron chi connectivity index (χ3n) is 26.6. The topological polar surface area (TPSA) is 321 Å². The number of carbonyl (C=O) groups excluding carboxylic acids is 9. The van der Waals surface area contributed by atoms with Crippen molar-refractivity contribution in [2.45, 2.75) is 291 Å². The van der Waals surface area contributed by atoms with E-state index in [4.69, 9.17) is 57.6 Å². The van der Waals surface area contributed by atoms with E-state index in [0.717, 1.165) is 178 Å². The van der Waals surface area contributed by atoms with Crippen molar-refractivity contribution >= 4 is 87.6 Å². The third kappa shape index (κ3) is 23.8. The average molecular weight is 1850 g/mol. The number of carbonyl (C=O) groups is 6. The summed E-state index contributed by atoms with van der Waals surface area (Å²) in [7, 11) is 4.87.